The molecule has 0 saturated heterocycles. The Balaban J connectivity index is 1.50. The highest BCUT2D eigenvalue weighted by molar-refractivity contribution is 7.99. The van der Waals surface area contributed by atoms with Crippen LogP contribution in [0.1, 0.15) is 24.5 Å². The zero-order chi connectivity index (χ0) is 18.6. The Labute approximate surface area is 163 Å². The van der Waals surface area contributed by atoms with Crippen LogP contribution < -0.4 is 5.32 Å². The minimum atomic E-state index is -0.0426. The van der Waals surface area contributed by atoms with Crippen molar-refractivity contribution in [1.29, 1.82) is 0 Å². The molecule has 1 N–H and O–H groups in total. The van der Waals surface area contributed by atoms with Crippen LogP contribution in [0.4, 0.5) is 5.69 Å². The molecule has 1 heterocycles. The Morgan fingerprint density at radius 1 is 1.11 bits per heavy atom. The summed E-state index contributed by atoms with van der Waals surface area (Å²) in [6.07, 6.45) is 3.45. The molecule has 1 amide bonds. The van der Waals surface area contributed by atoms with Crippen LogP contribution in [0.25, 0.3) is 11.4 Å². The number of fused-ring (bicyclic) bond motifs is 1. The molecule has 1 aliphatic carbocycles. The van der Waals surface area contributed by atoms with Crippen molar-refractivity contribution in [1.82, 2.24) is 14.8 Å². The summed E-state index contributed by atoms with van der Waals surface area (Å²) in [6.45, 7) is 2.86. The molecule has 3 aromatic rings. The van der Waals surface area contributed by atoms with Crippen LogP contribution in [-0.4, -0.2) is 26.4 Å². The Bertz CT molecular complexity index is 952. The first-order chi connectivity index (χ1) is 13.3. The molecule has 5 nitrogen and oxygen atoms in total. The van der Waals surface area contributed by atoms with E-state index in [0.717, 1.165) is 36.1 Å². The first-order valence-corrected chi connectivity index (χ1v) is 10.3. The third-order valence-corrected chi connectivity index (χ3v) is 5.78. The molecule has 2 aromatic carbocycles. The molecule has 6 heteroatoms. The molecule has 0 fully saturated rings. The maximum atomic E-state index is 12.2. The molecule has 0 bridgehead atoms. The van der Waals surface area contributed by atoms with Crippen molar-refractivity contribution in [2.75, 3.05) is 11.1 Å². The fourth-order valence-corrected chi connectivity index (χ4v) is 4.36. The van der Waals surface area contributed by atoms with Gasteiger partial charge in [0.25, 0.3) is 0 Å². The monoisotopic (exact) mass is 378 g/mol. The van der Waals surface area contributed by atoms with E-state index in [0.29, 0.717) is 5.75 Å². The van der Waals surface area contributed by atoms with Gasteiger partial charge in [0.15, 0.2) is 11.0 Å². The molecule has 138 valence electrons. The first kappa shape index (κ1) is 17.8. The average Bonchev–Trinajstić information content (AvgIpc) is 3.33. The number of amides is 1. The van der Waals surface area contributed by atoms with Gasteiger partial charge in [0, 0.05) is 17.8 Å². The van der Waals surface area contributed by atoms with Crippen LogP contribution in [0.5, 0.6) is 0 Å². The van der Waals surface area contributed by atoms with E-state index in [1.165, 1.54) is 34.9 Å². The van der Waals surface area contributed by atoms with Crippen LogP contribution in [-0.2, 0) is 24.2 Å². The Morgan fingerprint density at radius 3 is 2.78 bits per heavy atom. The number of rotatable bonds is 6. The molecule has 4 rings (SSSR count). The van der Waals surface area contributed by atoms with Crippen molar-refractivity contribution in [2.24, 2.45) is 0 Å². The quantitative estimate of drug-likeness (QED) is 0.654. The maximum Gasteiger partial charge on any atom is 0.234 e. The number of para-hydroxylation sites is 1. The smallest absolute Gasteiger partial charge is 0.234 e. The van der Waals surface area contributed by atoms with E-state index in [1.807, 2.05) is 30.3 Å². The predicted molar refractivity (Wildman–Crippen MR) is 109 cm³/mol. The van der Waals surface area contributed by atoms with E-state index in [1.54, 1.807) is 0 Å². The van der Waals surface area contributed by atoms with Crippen molar-refractivity contribution in [3.05, 3.63) is 59.7 Å². The molecule has 1 aliphatic rings. The Hall–Kier alpha value is -2.60. The summed E-state index contributed by atoms with van der Waals surface area (Å²) in [5, 5.41) is 12.5. The van der Waals surface area contributed by atoms with Crippen molar-refractivity contribution in [3.8, 4) is 11.4 Å². The van der Waals surface area contributed by atoms with E-state index < -0.39 is 0 Å². The third kappa shape index (κ3) is 3.76. The highest BCUT2D eigenvalue weighted by Crippen LogP contribution is 2.33. The van der Waals surface area contributed by atoms with Crippen LogP contribution >= 0.6 is 11.8 Å². The van der Waals surface area contributed by atoms with Crippen LogP contribution in [0.2, 0.25) is 0 Å². The lowest BCUT2D eigenvalue weighted by Gasteiger charge is -2.11. The number of anilines is 1. The maximum absolute atomic E-state index is 12.2. The second-order valence-corrected chi connectivity index (χ2v) is 7.49. The van der Waals surface area contributed by atoms with Gasteiger partial charge in [0.05, 0.1) is 5.75 Å². The zero-order valence-electron chi connectivity index (χ0n) is 15.3. The Morgan fingerprint density at radius 2 is 1.96 bits per heavy atom. The van der Waals surface area contributed by atoms with E-state index in [-0.39, 0.29) is 5.91 Å². The van der Waals surface area contributed by atoms with Crippen molar-refractivity contribution < 1.29 is 4.79 Å². The second-order valence-electron chi connectivity index (χ2n) is 6.55. The number of hydrogen-bond donors (Lipinski definition) is 1. The predicted octanol–water partition coefficient (Wildman–Crippen LogP) is 4.18. The number of hydrogen-bond acceptors (Lipinski definition) is 4. The fraction of sp³-hybridized carbons (Fsp3) is 0.286. The van der Waals surface area contributed by atoms with Gasteiger partial charge in [-0.2, -0.15) is 0 Å². The van der Waals surface area contributed by atoms with E-state index in [4.69, 9.17) is 0 Å². The molecule has 1 aromatic heterocycles. The number of benzene rings is 2. The molecule has 0 saturated carbocycles. The standard InChI is InChI=1S/C21H22N4OS/c1-2-25-20(18-13-7-9-15-8-6-12-17(15)18)23-24-21(25)27-14-19(26)22-16-10-4-3-5-11-16/h3-5,7,9-11,13H,2,6,8,12,14H2,1H3,(H,22,26). The third-order valence-electron chi connectivity index (χ3n) is 4.81. The molecule has 0 unspecified atom stereocenters. The summed E-state index contributed by atoms with van der Waals surface area (Å²) in [6, 6.07) is 15.9. The van der Waals surface area contributed by atoms with E-state index >= 15 is 0 Å². The number of thioether (sulfide) groups is 1. The lowest BCUT2D eigenvalue weighted by molar-refractivity contribution is -0.113. The fourth-order valence-electron chi connectivity index (χ4n) is 3.56. The number of aryl methyl sites for hydroxylation is 1. The molecular formula is C21H22N4OS. The molecule has 27 heavy (non-hydrogen) atoms. The highest BCUT2D eigenvalue weighted by atomic mass is 32.2. The molecule has 0 radical (unpaired) electrons. The summed E-state index contributed by atoms with van der Waals surface area (Å²) >= 11 is 1.43. The topological polar surface area (TPSA) is 59.8 Å². The molecule has 0 aliphatic heterocycles. The number of carbonyl (C=O) groups is 1. The van der Waals surface area contributed by atoms with Crippen LogP contribution in [0.15, 0.2) is 53.7 Å². The Kier molecular flexibility index (Phi) is 5.25. The van der Waals surface area contributed by atoms with Crippen molar-refractivity contribution >= 4 is 23.4 Å². The largest absolute Gasteiger partial charge is 0.325 e. The lowest BCUT2D eigenvalue weighted by atomic mass is 10.0. The molecule has 0 atom stereocenters. The summed E-state index contributed by atoms with van der Waals surface area (Å²) < 4.78 is 2.11. The molecule has 0 spiro atoms. The van der Waals surface area contributed by atoms with Crippen molar-refractivity contribution in [2.45, 2.75) is 37.9 Å². The normalized spacial score (nSPS) is 12.8. The number of nitrogens with zero attached hydrogens (tertiary/aromatic N) is 3. The zero-order valence-corrected chi connectivity index (χ0v) is 16.1. The van der Waals surface area contributed by atoms with Crippen LogP contribution in [0, 0.1) is 0 Å². The number of nitrogens with one attached hydrogen (secondary N) is 1. The van der Waals surface area contributed by atoms with Gasteiger partial charge >= 0.3 is 0 Å². The summed E-state index contributed by atoms with van der Waals surface area (Å²) in [7, 11) is 0. The van der Waals surface area contributed by atoms with Gasteiger partial charge in [-0.05, 0) is 49.4 Å². The van der Waals surface area contributed by atoms with Gasteiger partial charge in [0.1, 0.15) is 0 Å². The van der Waals surface area contributed by atoms with E-state index in [9.17, 15) is 4.79 Å². The lowest BCUT2D eigenvalue weighted by Crippen LogP contribution is -2.14. The summed E-state index contributed by atoms with van der Waals surface area (Å²) in [4.78, 5) is 12.2. The highest BCUT2D eigenvalue weighted by Gasteiger charge is 2.20. The van der Waals surface area contributed by atoms with Gasteiger partial charge in [-0.1, -0.05) is 48.2 Å². The minimum Gasteiger partial charge on any atom is -0.325 e. The van der Waals surface area contributed by atoms with E-state index in [2.05, 4.69) is 45.2 Å². The van der Waals surface area contributed by atoms with Gasteiger partial charge in [0.2, 0.25) is 5.91 Å². The average molecular weight is 379 g/mol. The van der Waals surface area contributed by atoms with Gasteiger partial charge in [-0.15, -0.1) is 10.2 Å². The minimum absolute atomic E-state index is 0.0426. The van der Waals surface area contributed by atoms with Gasteiger partial charge in [-0.3, -0.25) is 4.79 Å². The second kappa shape index (κ2) is 7.96. The number of aromatic nitrogens is 3. The number of carbonyl (C=O) groups excluding carboxylic acids is 1. The summed E-state index contributed by atoms with van der Waals surface area (Å²) in [5.41, 5.74) is 4.81. The van der Waals surface area contributed by atoms with Crippen molar-refractivity contribution in [3.63, 3.8) is 0 Å². The van der Waals surface area contributed by atoms with Crippen LogP contribution in [0.3, 0.4) is 0 Å². The summed E-state index contributed by atoms with van der Waals surface area (Å²) in [5.74, 6) is 1.17. The first-order valence-electron chi connectivity index (χ1n) is 9.28. The SMILES string of the molecule is CCn1c(SCC(=O)Nc2ccccc2)nnc1-c1cccc2c1CCC2. The van der Waals surface area contributed by atoms with Gasteiger partial charge in [-0.25, -0.2) is 0 Å². The van der Waals surface area contributed by atoms with Gasteiger partial charge < -0.3 is 9.88 Å². The molecular weight excluding hydrogens is 356 g/mol.